The maximum atomic E-state index is 9.10. The Bertz CT molecular complexity index is 403. The van der Waals surface area contributed by atoms with Gasteiger partial charge in [-0.2, -0.15) is 0 Å². The molecule has 0 unspecified atom stereocenters. The van der Waals surface area contributed by atoms with E-state index in [2.05, 4.69) is 24.8 Å². The van der Waals surface area contributed by atoms with Gasteiger partial charge in [-0.1, -0.05) is 31.5 Å². The highest BCUT2D eigenvalue weighted by Crippen LogP contribution is 2.33. The zero-order valence-electron chi connectivity index (χ0n) is 10.5. The first kappa shape index (κ1) is 12.7. The van der Waals surface area contributed by atoms with Gasteiger partial charge < -0.3 is 10.0 Å². The van der Waals surface area contributed by atoms with E-state index in [0.29, 0.717) is 10.4 Å². The maximum Gasteiger partial charge on any atom is 0.0696 e. The van der Waals surface area contributed by atoms with Gasteiger partial charge >= 0.3 is 0 Å². The molecule has 3 heteroatoms. The lowest BCUT2D eigenvalue weighted by molar-refractivity contribution is 0.281. The fraction of sp³-hybridized carbons (Fsp3) is 0.571. The summed E-state index contributed by atoms with van der Waals surface area (Å²) in [5, 5.41) is 9.77. The lowest BCUT2D eigenvalue weighted by Gasteiger charge is -2.39. The summed E-state index contributed by atoms with van der Waals surface area (Å²) in [6, 6.07) is 5.94. The lowest BCUT2D eigenvalue weighted by Crippen LogP contribution is -2.40. The summed E-state index contributed by atoms with van der Waals surface area (Å²) in [7, 11) is 0. The molecule has 1 aromatic rings. The monoisotopic (exact) mass is 253 g/mol. The van der Waals surface area contributed by atoms with E-state index in [1.165, 1.54) is 18.5 Å². The minimum absolute atomic E-state index is 0.00457. The zero-order chi connectivity index (χ0) is 12.5. The number of halogens is 1. The van der Waals surface area contributed by atoms with Gasteiger partial charge in [0.2, 0.25) is 0 Å². The minimum atomic E-state index is 0.00457. The molecule has 0 spiro atoms. The molecule has 17 heavy (non-hydrogen) atoms. The average Bonchev–Trinajstić information content (AvgIpc) is 2.27. The Morgan fingerprint density at radius 1 is 1.41 bits per heavy atom. The number of anilines is 1. The third-order valence-corrected chi connectivity index (χ3v) is 3.82. The molecule has 1 aromatic carbocycles. The molecule has 1 aliphatic heterocycles. The minimum Gasteiger partial charge on any atom is -0.392 e. The summed E-state index contributed by atoms with van der Waals surface area (Å²) in [5.41, 5.74) is 2.34. The Morgan fingerprint density at radius 2 is 2.18 bits per heavy atom. The molecule has 0 amide bonds. The number of rotatable bonds is 2. The van der Waals surface area contributed by atoms with Gasteiger partial charge in [-0.3, -0.25) is 0 Å². The molecule has 0 saturated carbocycles. The molecule has 2 nitrogen and oxygen atoms in total. The van der Waals surface area contributed by atoms with Gasteiger partial charge in [-0.15, -0.1) is 0 Å². The third kappa shape index (κ3) is 2.93. The molecule has 1 fully saturated rings. The molecule has 1 N–H and O–H groups in total. The average molecular weight is 254 g/mol. The van der Waals surface area contributed by atoms with Crippen molar-refractivity contribution in [3.05, 3.63) is 28.8 Å². The quantitative estimate of drug-likeness (QED) is 0.873. The van der Waals surface area contributed by atoms with Crippen molar-refractivity contribution >= 4 is 17.3 Å². The normalized spacial score (nSPS) is 19.4. The molecule has 0 aromatic heterocycles. The lowest BCUT2D eigenvalue weighted by atomic mass is 9.84. The predicted molar refractivity (Wildman–Crippen MR) is 72.6 cm³/mol. The smallest absolute Gasteiger partial charge is 0.0696 e. The Kier molecular flexibility index (Phi) is 3.64. The molecule has 1 heterocycles. The molecular weight excluding hydrogens is 234 g/mol. The van der Waals surface area contributed by atoms with Crippen LogP contribution in [0.1, 0.15) is 32.3 Å². The Morgan fingerprint density at radius 3 is 2.76 bits per heavy atom. The summed E-state index contributed by atoms with van der Waals surface area (Å²) in [6.45, 7) is 6.79. The van der Waals surface area contributed by atoms with Gasteiger partial charge in [-0.05, 0) is 36.0 Å². The van der Waals surface area contributed by atoms with Crippen molar-refractivity contribution in [3.63, 3.8) is 0 Å². The molecule has 94 valence electrons. The van der Waals surface area contributed by atoms with Gasteiger partial charge in [-0.25, -0.2) is 0 Å². The summed E-state index contributed by atoms with van der Waals surface area (Å²) < 4.78 is 0. The van der Waals surface area contributed by atoms with E-state index >= 15 is 0 Å². The van der Waals surface area contributed by atoms with Crippen molar-refractivity contribution in [1.29, 1.82) is 0 Å². The second-order valence-corrected chi connectivity index (χ2v) is 6.03. The first-order valence-electron chi connectivity index (χ1n) is 6.16. The molecular formula is C14H20ClNO. The predicted octanol–water partition coefficient (Wildman–Crippen LogP) is 3.46. The molecule has 0 aliphatic carbocycles. The summed E-state index contributed by atoms with van der Waals surface area (Å²) >= 11 is 6.13. The Labute approximate surface area is 108 Å². The van der Waals surface area contributed by atoms with Crippen molar-refractivity contribution in [1.82, 2.24) is 0 Å². The Balaban J connectivity index is 2.19. The van der Waals surface area contributed by atoms with E-state index in [9.17, 15) is 0 Å². The van der Waals surface area contributed by atoms with E-state index in [1.54, 1.807) is 0 Å². The van der Waals surface area contributed by atoms with Gasteiger partial charge in [0.25, 0.3) is 0 Å². The summed E-state index contributed by atoms with van der Waals surface area (Å²) in [5.74, 6) is 0. The van der Waals surface area contributed by atoms with E-state index < -0.39 is 0 Å². The van der Waals surface area contributed by atoms with Crippen LogP contribution in [-0.2, 0) is 6.61 Å². The van der Waals surface area contributed by atoms with Crippen LogP contribution in [0.15, 0.2) is 18.2 Å². The highest BCUT2D eigenvalue weighted by molar-refractivity contribution is 6.31. The number of aliphatic hydroxyl groups excluding tert-OH is 1. The van der Waals surface area contributed by atoms with Crippen LogP contribution >= 0.6 is 11.6 Å². The van der Waals surface area contributed by atoms with Crippen molar-refractivity contribution in [3.8, 4) is 0 Å². The van der Waals surface area contributed by atoms with Crippen LogP contribution in [0.5, 0.6) is 0 Å². The van der Waals surface area contributed by atoms with Crippen molar-refractivity contribution in [2.24, 2.45) is 5.41 Å². The number of aliphatic hydroxyl groups is 1. The van der Waals surface area contributed by atoms with E-state index in [0.717, 1.165) is 18.7 Å². The molecule has 0 bridgehead atoms. The van der Waals surface area contributed by atoms with Gasteiger partial charge in [0.05, 0.1) is 6.61 Å². The largest absolute Gasteiger partial charge is 0.392 e. The van der Waals surface area contributed by atoms with Crippen LogP contribution in [0.25, 0.3) is 0 Å². The molecule has 2 rings (SSSR count). The first-order valence-corrected chi connectivity index (χ1v) is 6.54. The molecule has 0 radical (unpaired) electrons. The van der Waals surface area contributed by atoms with Gasteiger partial charge in [0, 0.05) is 23.8 Å². The number of benzene rings is 1. The van der Waals surface area contributed by atoms with Gasteiger partial charge in [0.15, 0.2) is 0 Å². The van der Waals surface area contributed by atoms with E-state index in [1.807, 2.05) is 12.1 Å². The van der Waals surface area contributed by atoms with Gasteiger partial charge in [0.1, 0.15) is 0 Å². The molecule has 1 saturated heterocycles. The van der Waals surface area contributed by atoms with Crippen molar-refractivity contribution in [2.75, 3.05) is 18.0 Å². The number of hydrogen-bond acceptors (Lipinski definition) is 2. The number of nitrogens with zero attached hydrogens (tertiary/aromatic N) is 1. The fourth-order valence-electron chi connectivity index (χ4n) is 2.50. The summed E-state index contributed by atoms with van der Waals surface area (Å²) in [6.07, 6.45) is 2.51. The number of piperidine rings is 1. The fourth-order valence-corrected chi connectivity index (χ4v) is 2.74. The molecule has 0 atom stereocenters. The van der Waals surface area contributed by atoms with Crippen LogP contribution in [0.3, 0.4) is 0 Å². The second kappa shape index (κ2) is 4.87. The van der Waals surface area contributed by atoms with Crippen LogP contribution in [0.4, 0.5) is 5.69 Å². The maximum absolute atomic E-state index is 9.10. The molecule has 1 aliphatic rings. The van der Waals surface area contributed by atoms with Crippen molar-refractivity contribution in [2.45, 2.75) is 33.3 Å². The van der Waals surface area contributed by atoms with Crippen LogP contribution in [0.2, 0.25) is 5.02 Å². The third-order valence-electron chi connectivity index (χ3n) is 3.47. The van der Waals surface area contributed by atoms with Crippen molar-refractivity contribution < 1.29 is 5.11 Å². The van der Waals surface area contributed by atoms with Crippen LogP contribution in [-0.4, -0.2) is 18.2 Å². The van der Waals surface area contributed by atoms with E-state index in [-0.39, 0.29) is 6.61 Å². The topological polar surface area (TPSA) is 23.5 Å². The summed E-state index contributed by atoms with van der Waals surface area (Å²) in [4.78, 5) is 2.39. The zero-order valence-corrected chi connectivity index (χ0v) is 11.3. The second-order valence-electron chi connectivity index (χ2n) is 5.62. The Hall–Kier alpha value is -0.730. The highest BCUT2D eigenvalue weighted by Gasteiger charge is 2.26. The van der Waals surface area contributed by atoms with Crippen LogP contribution in [0, 0.1) is 5.41 Å². The first-order chi connectivity index (χ1) is 8.02. The van der Waals surface area contributed by atoms with E-state index in [4.69, 9.17) is 16.7 Å². The standard InChI is InChI=1S/C14H20ClNO/c1-14(2)6-3-7-16(10-14)12-5-4-11(9-17)13(15)8-12/h4-5,8,17H,3,6-7,9-10H2,1-2H3. The SMILES string of the molecule is CC1(C)CCCN(c2ccc(CO)c(Cl)c2)C1. The number of hydrogen-bond donors (Lipinski definition) is 1. The highest BCUT2D eigenvalue weighted by atomic mass is 35.5. The van der Waals surface area contributed by atoms with Crippen LogP contribution < -0.4 is 4.90 Å².